The maximum Gasteiger partial charge on any atom is 0.251 e. The standard InChI is InChI=1S/C19H28ClNO/c20-17-14-12-16(13-15-17)19(22)21-18-10-8-6-4-2-1-3-5-7-9-11-18/h12-15,18H,1-11H2,(H,21,22). The lowest BCUT2D eigenvalue weighted by molar-refractivity contribution is 0.0931. The minimum absolute atomic E-state index is 0.0359. The first kappa shape index (κ1) is 17.3. The first-order chi connectivity index (χ1) is 10.8. The van der Waals surface area contributed by atoms with Gasteiger partial charge in [0.25, 0.3) is 5.91 Å². The van der Waals surface area contributed by atoms with E-state index < -0.39 is 0 Å². The van der Waals surface area contributed by atoms with Gasteiger partial charge in [-0.15, -0.1) is 0 Å². The van der Waals surface area contributed by atoms with E-state index in [-0.39, 0.29) is 5.91 Å². The molecule has 2 nitrogen and oxygen atoms in total. The fraction of sp³-hybridized carbons (Fsp3) is 0.632. The van der Waals surface area contributed by atoms with E-state index in [2.05, 4.69) is 5.32 Å². The Morgan fingerprint density at radius 2 is 1.27 bits per heavy atom. The number of rotatable bonds is 2. The van der Waals surface area contributed by atoms with Gasteiger partial charge in [-0.1, -0.05) is 69.4 Å². The first-order valence-corrected chi connectivity index (χ1v) is 9.20. The van der Waals surface area contributed by atoms with Crippen LogP contribution in [0.2, 0.25) is 5.02 Å². The SMILES string of the molecule is O=C(NC1CCCCCCCCCCC1)c1ccc(Cl)cc1. The van der Waals surface area contributed by atoms with Gasteiger partial charge in [0.2, 0.25) is 0 Å². The van der Waals surface area contributed by atoms with Crippen molar-refractivity contribution in [2.45, 2.75) is 76.7 Å². The minimum Gasteiger partial charge on any atom is -0.349 e. The Hall–Kier alpha value is -1.02. The summed E-state index contributed by atoms with van der Waals surface area (Å²) in [4.78, 5) is 12.3. The fourth-order valence-corrected chi connectivity index (χ4v) is 3.30. The van der Waals surface area contributed by atoms with Gasteiger partial charge in [-0.2, -0.15) is 0 Å². The predicted octanol–water partition coefficient (Wildman–Crippen LogP) is 5.74. The summed E-state index contributed by atoms with van der Waals surface area (Å²) in [5, 5.41) is 3.89. The topological polar surface area (TPSA) is 29.1 Å². The minimum atomic E-state index is 0.0359. The summed E-state index contributed by atoms with van der Waals surface area (Å²) in [6.07, 6.45) is 14.1. The molecule has 122 valence electrons. The molecule has 22 heavy (non-hydrogen) atoms. The molecular formula is C19H28ClNO. The summed E-state index contributed by atoms with van der Waals surface area (Å²) in [5.41, 5.74) is 0.704. The molecule has 0 saturated heterocycles. The Labute approximate surface area is 139 Å². The third-order valence-corrected chi connectivity index (χ3v) is 4.80. The second kappa shape index (κ2) is 9.89. The highest BCUT2D eigenvalue weighted by molar-refractivity contribution is 6.30. The molecule has 1 aliphatic rings. The number of hydrogen-bond donors (Lipinski definition) is 1. The molecule has 1 aliphatic carbocycles. The molecule has 1 amide bonds. The molecule has 1 aromatic carbocycles. The average Bonchev–Trinajstić information content (AvgIpc) is 2.50. The molecule has 1 aromatic rings. The number of nitrogens with one attached hydrogen (secondary N) is 1. The Kier molecular flexibility index (Phi) is 7.79. The van der Waals surface area contributed by atoms with E-state index in [1.165, 1.54) is 57.8 Å². The van der Waals surface area contributed by atoms with Crippen molar-refractivity contribution in [2.75, 3.05) is 0 Å². The monoisotopic (exact) mass is 321 g/mol. The van der Waals surface area contributed by atoms with E-state index in [0.29, 0.717) is 16.6 Å². The lowest BCUT2D eigenvalue weighted by Crippen LogP contribution is -2.34. The summed E-state index contributed by atoms with van der Waals surface area (Å²) in [5.74, 6) is 0.0359. The third kappa shape index (κ3) is 6.39. The van der Waals surface area contributed by atoms with Crippen LogP contribution in [0.25, 0.3) is 0 Å². The fourth-order valence-electron chi connectivity index (χ4n) is 3.18. The number of hydrogen-bond acceptors (Lipinski definition) is 1. The van der Waals surface area contributed by atoms with Gasteiger partial charge in [0, 0.05) is 16.6 Å². The van der Waals surface area contributed by atoms with E-state index in [1.807, 2.05) is 0 Å². The largest absolute Gasteiger partial charge is 0.349 e. The molecule has 1 saturated carbocycles. The number of carbonyl (C=O) groups excluding carboxylic acids is 1. The van der Waals surface area contributed by atoms with E-state index in [1.54, 1.807) is 24.3 Å². The van der Waals surface area contributed by atoms with Crippen molar-refractivity contribution in [1.29, 1.82) is 0 Å². The number of amides is 1. The third-order valence-electron chi connectivity index (χ3n) is 4.55. The van der Waals surface area contributed by atoms with Crippen molar-refractivity contribution in [3.05, 3.63) is 34.9 Å². The van der Waals surface area contributed by atoms with Crippen LogP contribution in [0.5, 0.6) is 0 Å². The summed E-state index contributed by atoms with van der Waals surface area (Å²) in [7, 11) is 0. The van der Waals surface area contributed by atoms with Crippen LogP contribution in [0.1, 0.15) is 81.0 Å². The molecule has 0 atom stereocenters. The van der Waals surface area contributed by atoms with Crippen molar-refractivity contribution in [3.8, 4) is 0 Å². The Balaban J connectivity index is 1.86. The molecule has 0 bridgehead atoms. The van der Waals surface area contributed by atoms with Gasteiger partial charge < -0.3 is 5.32 Å². The summed E-state index contributed by atoms with van der Waals surface area (Å²) >= 11 is 5.88. The molecular weight excluding hydrogens is 294 g/mol. The molecule has 0 radical (unpaired) electrons. The van der Waals surface area contributed by atoms with Crippen LogP contribution in [0, 0.1) is 0 Å². The molecule has 0 aromatic heterocycles. The zero-order valence-electron chi connectivity index (χ0n) is 13.5. The Morgan fingerprint density at radius 3 is 1.77 bits per heavy atom. The summed E-state index contributed by atoms with van der Waals surface area (Å²) < 4.78 is 0. The number of benzene rings is 1. The van der Waals surface area contributed by atoms with E-state index in [0.717, 1.165) is 12.8 Å². The quantitative estimate of drug-likeness (QED) is 0.739. The molecule has 0 aliphatic heterocycles. The van der Waals surface area contributed by atoms with Crippen LogP contribution in [-0.2, 0) is 0 Å². The molecule has 0 heterocycles. The van der Waals surface area contributed by atoms with Gasteiger partial charge in [0.05, 0.1) is 0 Å². The predicted molar refractivity (Wildman–Crippen MR) is 93.5 cm³/mol. The van der Waals surface area contributed by atoms with Crippen LogP contribution in [0.15, 0.2) is 24.3 Å². The van der Waals surface area contributed by atoms with Crippen LogP contribution in [0.3, 0.4) is 0 Å². The van der Waals surface area contributed by atoms with Crippen LogP contribution >= 0.6 is 11.6 Å². The highest BCUT2D eigenvalue weighted by Gasteiger charge is 2.14. The van der Waals surface area contributed by atoms with Crippen molar-refractivity contribution in [1.82, 2.24) is 5.32 Å². The summed E-state index contributed by atoms with van der Waals surface area (Å²) in [6, 6.07) is 7.47. The van der Waals surface area contributed by atoms with Gasteiger partial charge in [-0.3, -0.25) is 4.79 Å². The molecule has 1 N–H and O–H groups in total. The van der Waals surface area contributed by atoms with Gasteiger partial charge in [-0.25, -0.2) is 0 Å². The van der Waals surface area contributed by atoms with Crippen LogP contribution < -0.4 is 5.32 Å². The number of halogens is 1. The molecule has 3 heteroatoms. The van der Waals surface area contributed by atoms with Gasteiger partial charge in [0.15, 0.2) is 0 Å². The van der Waals surface area contributed by atoms with Gasteiger partial charge in [-0.05, 0) is 37.1 Å². The molecule has 1 fully saturated rings. The highest BCUT2D eigenvalue weighted by Crippen LogP contribution is 2.17. The normalized spacial score (nSPS) is 19.0. The van der Waals surface area contributed by atoms with Gasteiger partial charge in [0.1, 0.15) is 0 Å². The van der Waals surface area contributed by atoms with Crippen molar-refractivity contribution in [2.24, 2.45) is 0 Å². The van der Waals surface area contributed by atoms with Crippen LogP contribution in [0.4, 0.5) is 0 Å². The Bertz CT molecular complexity index is 431. The highest BCUT2D eigenvalue weighted by atomic mass is 35.5. The maximum atomic E-state index is 12.3. The van der Waals surface area contributed by atoms with Crippen molar-refractivity contribution in [3.63, 3.8) is 0 Å². The van der Waals surface area contributed by atoms with Crippen molar-refractivity contribution >= 4 is 17.5 Å². The average molecular weight is 322 g/mol. The van der Waals surface area contributed by atoms with Crippen molar-refractivity contribution < 1.29 is 4.79 Å². The zero-order chi connectivity index (χ0) is 15.6. The second-order valence-electron chi connectivity index (χ2n) is 6.44. The Morgan fingerprint density at radius 1 is 0.818 bits per heavy atom. The summed E-state index contributed by atoms with van der Waals surface area (Å²) in [6.45, 7) is 0. The number of carbonyl (C=O) groups is 1. The lowest BCUT2D eigenvalue weighted by Gasteiger charge is -2.19. The molecule has 0 unspecified atom stereocenters. The molecule has 0 spiro atoms. The zero-order valence-corrected chi connectivity index (χ0v) is 14.2. The molecule has 2 rings (SSSR count). The van der Waals surface area contributed by atoms with Gasteiger partial charge >= 0.3 is 0 Å². The lowest BCUT2D eigenvalue weighted by atomic mass is 9.97. The van der Waals surface area contributed by atoms with E-state index >= 15 is 0 Å². The van der Waals surface area contributed by atoms with Crippen LogP contribution in [-0.4, -0.2) is 11.9 Å². The maximum absolute atomic E-state index is 12.3. The van der Waals surface area contributed by atoms with E-state index in [4.69, 9.17) is 11.6 Å². The second-order valence-corrected chi connectivity index (χ2v) is 6.87. The first-order valence-electron chi connectivity index (χ1n) is 8.82. The van der Waals surface area contributed by atoms with E-state index in [9.17, 15) is 4.79 Å². The smallest absolute Gasteiger partial charge is 0.251 e.